The molecule has 1 aliphatic heterocycles. The van der Waals surface area contributed by atoms with Crippen LogP contribution < -0.4 is 0 Å². The van der Waals surface area contributed by atoms with E-state index >= 15 is 0 Å². The van der Waals surface area contributed by atoms with Gasteiger partial charge in [0.25, 0.3) is 0 Å². The molecule has 0 saturated carbocycles. The molecule has 6 nitrogen and oxygen atoms in total. The van der Waals surface area contributed by atoms with Crippen molar-refractivity contribution in [2.75, 3.05) is 13.1 Å². The summed E-state index contributed by atoms with van der Waals surface area (Å²) in [6.07, 6.45) is 0. The number of aryl methyl sites for hydroxylation is 1. The zero-order chi connectivity index (χ0) is 9.47. The fourth-order valence-electron chi connectivity index (χ4n) is 1.62. The average molecular weight is 183 g/mol. The van der Waals surface area contributed by atoms with Crippen molar-refractivity contribution in [2.24, 2.45) is 7.05 Å². The fourth-order valence-corrected chi connectivity index (χ4v) is 1.62. The normalized spacial score (nSPS) is 21.5. The maximum absolute atomic E-state index is 9.46. The van der Waals surface area contributed by atoms with Gasteiger partial charge in [-0.1, -0.05) is 0 Å². The second-order valence-corrected chi connectivity index (χ2v) is 3.84. The lowest BCUT2D eigenvalue weighted by molar-refractivity contribution is -0.0880. The minimum absolute atomic E-state index is 0.526. The summed E-state index contributed by atoms with van der Waals surface area (Å²) in [5.74, 6) is 0.706. The van der Waals surface area contributed by atoms with Crippen LogP contribution in [-0.4, -0.2) is 48.9 Å². The maximum Gasteiger partial charge on any atom is 0.188 e. The van der Waals surface area contributed by atoms with Gasteiger partial charge in [0.15, 0.2) is 5.82 Å². The summed E-state index contributed by atoms with van der Waals surface area (Å²) in [5, 5.41) is 21.1. The van der Waals surface area contributed by atoms with Crippen molar-refractivity contribution in [3.8, 4) is 0 Å². The van der Waals surface area contributed by atoms with Crippen molar-refractivity contribution in [3.63, 3.8) is 0 Å². The topological polar surface area (TPSA) is 67.1 Å². The van der Waals surface area contributed by atoms with E-state index in [1.807, 2.05) is 6.92 Å². The first kappa shape index (κ1) is 8.58. The molecule has 72 valence electrons. The number of β-amino-alcohol motifs (C(OH)–C–C–N with tert-alkyl or cyclic N) is 1. The highest BCUT2D eigenvalue weighted by Crippen LogP contribution is 2.20. The van der Waals surface area contributed by atoms with Crippen LogP contribution in [0.1, 0.15) is 12.7 Å². The third kappa shape index (κ3) is 1.84. The summed E-state index contributed by atoms with van der Waals surface area (Å²) in [7, 11) is 1.74. The highest BCUT2D eigenvalue weighted by atomic mass is 16.3. The molecule has 2 rings (SSSR count). The lowest BCUT2D eigenvalue weighted by Crippen LogP contribution is -2.59. The lowest BCUT2D eigenvalue weighted by Gasteiger charge is -2.43. The molecule has 0 aromatic carbocycles. The predicted octanol–water partition coefficient (Wildman–Crippen LogP) is -1.22. The van der Waals surface area contributed by atoms with Crippen LogP contribution in [-0.2, 0) is 13.6 Å². The number of rotatable bonds is 2. The Morgan fingerprint density at radius 1 is 1.54 bits per heavy atom. The molecule has 1 aromatic rings. The molecule has 1 saturated heterocycles. The van der Waals surface area contributed by atoms with Gasteiger partial charge in [-0.2, -0.15) is 4.80 Å². The smallest absolute Gasteiger partial charge is 0.188 e. The molecular weight excluding hydrogens is 170 g/mol. The van der Waals surface area contributed by atoms with Crippen LogP contribution in [0.4, 0.5) is 0 Å². The first-order chi connectivity index (χ1) is 6.05. The van der Waals surface area contributed by atoms with Crippen molar-refractivity contribution in [1.29, 1.82) is 0 Å². The number of aliphatic hydroxyl groups is 1. The molecule has 0 unspecified atom stereocenters. The molecule has 6 heteroatoms. The van der Waals surface area contributed by atoms with E-state index in [9.17, 15) is 5.11 Å². The molecule has 1 aliphatic rings. The Bertz CT molecular complexity index is 300. The van der Waals surface area contributed by atoms with Gasteiger partial charge in [-0.05, 0) is 12.1 Å². The molecule has 0 aliphatic carbocycles. The minimum atomic E-state index is -0.526. The van der Waals surface area contributed by atoms with Gasteiger partial charge in [-0.25, -0.2) is 0 Å². The van der Waals surface area contributed by atoms with Crippen LogP contribution >= 0.6 is 0 Å². The predicted molar refractivity (Wildman–Crippen MR) is 44.7 cm³/mol. The van der Waals surface area contributed by atoms with Gasteiger partial charge >= 0.3 is 0 Å². The quantitative estimate of drug-likeness (QED) is 0.622. The maximum atomic E-state index is 9.46. The van der Waals surface area contributed by atoms with E-state index in [2.05, 4.69) is 20.3 Å². The fraction of sp³-hybridized carbons (Fsp3) is 0.857. The zero-order valence-electron chi connectivity index (χ0n) is 7.80. The third-order valence-electron chi connectivity index (χ3n) is 2.04. The van der Waals surface area contributed by atoms with Gasteiger partial charge in [0.05, 0.1) is 19.2 Å². The second-order valence-electron chi connectivity index (χ2n) is 3.84. The van der Waals surface area contributed by atoms with E-state index in [0.29, 0.717) is 25.5 Å². The average Bonchev–Trinajstić information content (AvgIpc) is 2.31. The largest absolute Gasteiger partial charge is 0.388 e. The Balaban J connectivity index is 1.87. The van der Waals surface area contributed by atoms with Gasteiger partial charge in [0, 0.05) is 13.1 Å². The molecule has 0 spiro atoms. The minimum Gasteiger partial charge on any atom is -0.388 e. The molecule has 0 bridgehead atoms. The Kier molecular flexibility index (Phi) is 1.81. The highest BCUT2D eigenvalue weighted by Gasteiger charge is 2.36. The molecule has 1 N–H and O–H groups in total. The van der Waals surface area contributed by atoms with Crippen LogP contribution in [0.15, 0.2) is 0 Å². The van der Waals surface area contributed by atoms with E-state index in [1.54, 1.807) is 7.05 Å². The first-order valence-corrected chi connectivity index (χ1v) is 4.23. The molecule has 0 radical (unpaired) electrons. The monoisotopic (exact) mass is 183 g/mol. The zero-order valence-corrected chi connectivity index (χ0v) is 7.80. The number of hydrogen-bond donors (Lipinski definition) is 1. The van der Waals surface area contributed by atoms with Crippen LogP contribution in [0.5, 0.6) is 0 Å². The van der Waals surface area contributed by atoms with Crippen LogP contribution in [0, 0.1) is 0 Å². The number of tetrazole rings is 1. The van der Waals surface area contributed by atoms with Crippen LogP contribution in [0.3, 0.4) is 0 Å². The van der Waals surface area contributed by atoms with Crippen LogP contribution in [0.25, 0.3) is 0 Å². The Morgan fingerprint density at radius 3 is 2.69 bits per heavy atom. The Morgan fingerprint density at radius 2 is 2.23 bits per heavy atom. The number of aromatic nitrogens is 4. The number of hydrogen-bond acceptors (Lipinski definition) is 5. The van der Waals surface area contributed by atoms with E-state index < -0.39 is 5.60 Å². The highest BCUT2D eigenvalue weighted by molar-refractivity contribution is 4.93. The van der Waals surface area contributed by atoms with Gasteiger partial charge in [0.1, 0.15) is 0 Å². The summed E-state index contributed by atoms with van der Waals surface area (Å²) < 4.78 is 0. The van der Waals surface area contributed by atoms with Crippen LogP contribution in [0.2, 0.25) is 0 Å². The van der Waals surface area contributed by atoms with Gasteiger partial charge in [-0.15, -0.1) is 10.2 Å². The van der Waals surface area contributed by atoms with Crippen molar-refractivity contribution < 1.29 is 5.11 Å². The molecule has 1 fully saturated rings. The Hall–Kier alpha value is -1.01. The van der Waals surface area contributed by atoms with Gasteiger partial charge < -0.3 is 5.11 Å². The molecule has 0 amide bonds. The van der Waals surface area contributed by atoms with Gasteiger partial charge in [-0.3, -0.25) is 4.90 Å². The third-order valence-corrected chi connectivity index (χ3v) is 2.04. The number of nitrogens with zero attached hydrogens (tertiary/aromatic N) is 5. The van der Waals surface area contributed by atoms with Crippen molar-refractivity contribution in [2.45, 2.75) is 19.1 Å². The summed E-state index contributed by atoms with van der Waals surface area (Å²) in [5.41, 5.74) is -0.526. The van der Waals surface area contributed by atoms with E-state index in [0.717, 1.165) is 0 Å². The van der Waals surface area contributed by atoms with Crippen molar-refractivity contribution in [1.82, 2.24) is 25.1 Å². The van der Waals surface area contributed by atoms with E-state index in [-0.39, 0.29) is 0 Å². The summed E-state index contributed by atoms with van der Waals surface area (Å²) in [6, 6.07) is 0. The molecular formula is C7H13N5O. The van der Waals surface area contributed by atoms with Crippen molar-refractivity contribution in [3.05, 3.63) is 5.82 Å². The van der Waals surface area contributed by atoms with E-state index in [1.165, 1.54) is 4.80 Å². The summed E-state index contributed by atoms with van der Waals surface area (Å²) in [4.78, 5) is 3.52. The SMILES string of the molecule is Cn1nnc(CN2CC(C)(O)C2)n1. The molecule has 13 heavy (non-hydrogen) atoms. The Labute approximate surface area is 76.2 Å². The molecule has 0 atom stereocenters. The summed E-state index contributed by atoms with van der Waals surface area (Å²) >= 11 is 0. The van der Waals surface area contributed by atoms with E-state index in [4.69, 9.17) is 0 Å². The van der Waals surface area contributed by atoms with Crippen molar-refractivity contribution >= 4 is 0 Å². The number of likely N-dealkylation sites (tertiary alicyclic amines) is 1. The summed E-state index contributed by atoms with van der Waals surface area (Å²) in [6.45, 7) is 3.87. The molecule has 2 heterocycles. The molecule has 1 aromatic heterocycles. The standard InChI is InChI=1S/C7H13N5O/c1-7(13)4-12(5-7)3-6-8-10-11(2)9-6/h13H,3-5H2,1-2H3. The second kappa shape index (κ2) is 2.74. The van der Waals surface area contributed by atoms with Gasteiger partial charge in [0.2, 0.25) is 0 Å². The first-order valence-electron chi connectivity index (χ1n) is 4.23. The lowest BCUT2D eigenvalue weighted by atomic mass is 9.97.